The summed E-state index contributed by atoms with van der Waals surface area (Å²) in [5.41, 5.74) is 1.33. The van der Waals surface area contributed by atoms with E-state index in [1.54, 1.807) is 13.0 Å². The van der Waals surface area contributed by atoms with Crippen LogP contribution in [0.1, 0.15) is 79.6 Å². The third kappa shape index (κ3) is 7.90. The number of ketones is 1. The number of carbonyl (C=O) groups is 2. The number of Topliss-reactive ketones (excluding diaryl/α,β-unsaturated/α-hetero) is 1. The molecule has 2 atom stereocenters. The highest BCUT2D eigenvalue weighted by Gasteiger charge is 2.25. The number of carbonyl (C=O) groups excluding carboxylic acids is 2. The van der Waals surface area contributed by atoms with Gasteiger partial charge in [-0.3, -0.25) is 10.1 Å². The Morgan fingerprint density at radius 2 is 1.76 bits per heavy atom. The molecule has 0 aliphatic carbocycles. The lowest BCUT2D eigenvalue weighted by atomic mass is 9.92. The summed E-state index contributed by atoms with van der Waals surface area (Å²) in [6, 6.07) is 9.72. The molecule has 184 valence electrons. The predicted molar refractivity (Wildman–Crippen MR) is 131 cm³/mol. The van der Waals surface area contributed by atoms with Crippen LogP contribution in [0.4, 0.5) is 4.79 Å². The minimum atomic E-state index is -0.814. The number of methoxy groups -OCH3 is 1. The van der Waals surface area contributed by atoms with Crippen LogP contribution in [0.3, 0.4) is 0 Å². The molecule has 0 aliphatic rings. The van der Waals surface area contributed by atoms with Gasteiger partial charge in [-0.2, -0.15) is 0 Å². The van der Waals surface area contributed by atoms with E-state index in [-0.39, 0.29) is 17.2 Å². The van der Waals surface area contributed by atoms with E-state index in [0.29, 0.717) is 31.4 Å². The second-order valence-corrected chi connectivity index (χ2v) is 8.58. The quantitative estimate of drug-likeness (QED) is 0.398. The number of nitrogens with one attached hydrogen (secondary N) is 1. The van der Waals surface area contributed by atoms with Gasteiger partial charge in [0.25, 0.3) is 0 Å². The first-order valence-corrected chi connectivity index (χ1v) is 11.7. The Hall–Kier alpha value is -3.35. The Morgan fingerprint density at radius 3 is 2.35 bits per heavy atom. The van der Waals surface area contributed by atoms with E-state index in [9.17, 15) is 19.5 Å². The van der Waals surface area contributed by atoms with Crippen LogP contribution in [0.2, 0.25) is 0 Å². The fourth-order valence-corrected chi connectivity index (χ4v) is 3.65. The first-order chi connectivity index (χ1) is 16.3. The van der Waals surface area contributed by atoms with Gasteiger partial charge in [0.05, 0.1) is 7.11 Å². The Kier molecular flexibility index (Phi) is 10.6. The van der Waals surface area contributed by atoms with Gasteiger partial charge in [-0.15, -0.1) is 0 Å². The molecule has 2 aromatic rings. The van der Waals surface area contributed by atoms with Crippen molar-refractivity contribution >= 4 is 11.9 Å². The number of aromatic hydroxyl groups is 1. The molecule has 0 spiro atoms. The molecule has 1 aromatic heterocycles. The molecule has 7 nitrogen and oxygen atoms in total. The Bertz CT molecular complexity index is 1040. The zero-order chi connectivity index (χ0) is 25.1. The van der Waals surface area contributed by atoms with Crippen molar-refractivity contribution in [2.75, 3.05) is 7.11 Å². The van der Waals surface area contributed by atoms with Crippen molar-refractivity contribution in [3.63, 3.8) is 0 Å². The molecule has 0 fully saturated rings. The Labute approximate surface area is 200 Å². The highest BCUT2D eigenvalue weighted by atomic mass is 16.5. The second-order valence-electron chi connectivity index (χ2n) is 8.58. The van der Waals surface area contributed by atoms with Gasteiger partial charge in [0.2, 0.25) is 0 Å². The number of benzene rings is 1. The number of alkyl carbamates (subject to hydrolysis) is 1. The van der Waals surface area contributed by atoms with Gasteiger partial charge >= 0.3 is 11.7 Å². The van der Waals surface area contributed by atoms with Crippen molar-refractivity contribution in [3.05, 3.63) is 75.5 Å². The van der Waals surface area contributed by atoms with Crippen molar-refractivity contribution < 1.29 is 23.8 Å². The van der Waals surface area contributed by atoms with Gasteiger partial charge in [-0.1, -0.05) is 57.5 Å². The lowest BCUT2D eigenvalue weighted by Crippen LogP contribution is -2.21. The van der Waals surface area contributed by atoms with Gasteiger partial charge < -0.3 is 14.3 Å². The van der Waals surface area contributed by atoms with E-state index in [4.69, 9.17) is 4.42 Å². The van der Waals surface area contributed by atoms with E-state index in [0.717, 1.165) is 18.4 Å². The number of aryl methyl sites for hydroxylation is 2. The standard InChI is InChI=1S/C27H35NO6/c1-5-8-20-12-14-21(15-13-20)11-10-19(3)25(30)24-22(29)17-23(34-26(24)31)18(2)9-6-7-16-28-27(32)33-4/h7,12-19,29H,5-6,8-11H2,1-4H3,(H,28,32)/b16-7+. The van der Waals surface area contributed by atoms with E-state index >= 15 is 0 Å². The lowest BCUT2D eigenvalue weighted by molar-refractivity contribution is 0.0916. The fourth-order valence-electron chi connectivity index (χ4n) is 3.65. The molecule has 1 amide bonds. The SMILES string of the molecule is CCCc1ccc(CCC(C)C(=O)c2c(O)cc(C(C)CC/C=C/NC(=O)OC)oc2=O)cc1. The number of hydrogen-bond donors (Lipinski definition) is 2. The highest BCUT2D eigenvalue weighted by molar-refractivity contribution is 5.99. The molecule has 2 rings (SSSR count). The number of rotatable bonds is 12. The molecule has 1 aromatic carbocycles. The molecule has 2 N–H and O–H groups in total. The molecule has 34 heavy (non-hydrogen) atoms. The summed E-state index contributed by atoms with van der Waals surface area (Å²) >= 11 is 0. The predicted octanol–water partition coefficient (Wildman–Crippen LogP) is 5.50. The van der Waals surface area contributed by atoms with Crippen LogP contribution in [0.15, 0.2) is 51.8 Å². The van der Waals surface area contributed by atoms with Crippen molar-refractivity contribution in [2.45, 2.75) is 65.2 Å². The summed E-state index contributed by atoms with van der Waals surface area (Å²) in [5.74, 6) is -1.04. The van der Waals surface area contributed by atoms with Crippen molar-refractivity contribution in [3.8, 4) is 5.75 Å². The minimum absolute atomic E-state index is 0.168. The Balaban J connectivity index is 1.97. The summed E-state index contributed by atoms with van der Waals surface area (Å²) < 4.78 is 9.85. The summed E-state index contributed by atoms with van der Waals surface area (Å²) in [6.45, 7) is 5.76. The molecule has 0 saturated heterocycles. The largest absolute Gasteiger partial charge is 0.507 e. The van der Waals surface area contributed by atoms with Gasteiger partial charge in [-0.25, -0.2) is 9.59 Å². The van der Waals surface area contributed by atoms with Crippen LogP contribution in [0.25, 0.3) is 0 Å². The number of ether oxygens (including phenoxy) is 1. The van der Waals surface area contributed by atoms with Crippen molar-refractivity contribution in [1.29, 1.82) is 0 Å². The number of allylic oxidation sites excluding steroid dienone is 1. The summed E-state index contributed by atoms with van der Waals surface area (Å²) in [5, 5.41) is 12.9. The summed E-state index contributed by atoms with van der Waals surface area (Å²) in [7, 11) is 1.28. The first kappa shape index (κ1) is 26.9. The molecule has 7 heteroatoms. The first-order valence-electron chi connectivity index (χ1n) is 11.7. The van der Waals surface area contributed by atoms with Crippen LogP contribution < -0.4 is 10.9 Å². The average Bonchev–Trinajstić information content (AvgIpc) is 2.82. The van der Waals surface area contributed by atoms with E-state index < -0.39 is 23.4 Å². The number of amides is 1. The molecule has 0 saturated carbocycles. The molecule has 0 bridgehead atoms. The van der Waals surface area contributed by atoms with Crippen LogP contribution in [-0.2, 0) is 17.6 Å². The van der Waals surface area contributed by atoms with Gasteiger partial charge in [0.15, 0.2) is 5.78 Å². The van der Waals surface area contributed by atoms with Gasteiger partial charge in [0, 0.05) is 24.1 Å². The molecule has 0 radical (unpaired) electrons. The van der Waals surface area contributed by atoms with Crippen LogP contribution in [0.5, 0.6) is 5.75 Å². The third-order valence-corrected chi connectivity index (χ3v) is 5.83. The molecular weight excluding hydrogens is 434 g/mol. The summed E-state index contributed by atoms with van der Waals surface area (Å²) in [6.07, 6.45) is 7.31. The van der Waals surface area contributed by atoms with Crippen molar-refractivity contribution in [2.24, 2.45) is 5.92 Å². The summed E-state index contributed by atoms with van der Waals surface area (Å²) in [4.78, 5) is 36.4. The molecule has 1 heterocycles. The third-order valence-electron chi connectivity index (χ3n) is 5.83. The number of hydrogen-bond acceptors (Lipinski definition) is 6. The van der Waals surface area contributed by atoms with E-state index in [1.807, 2.05) is 6.92 Å². The monoisotopic (exact) mass is 469 g/mol. The maximum Gasteiger partial charge on any atom is 0.410 e. The highest BCUT2D eigenvalue weighted by Crippen LogP contribution is 2.26. The van der Waals surface area contributed by atoms with E-state index in [2.05, 4.69) is 41.2 Å². The zero-order valence-corrected chi connectivity index (χ0v) is 20.4. The van der Waals surface area contributed by atoms with Crippen LogP contribution in [-0.4, -0.2) is 24.1 Å². The van der Waals surface area contributed by atoms with Gasteiger partial charge in [0.1, 0.15) is 17.1 Å². The minimum Gasteiger partial charge on any atom is -0.507 e. The zero-order valence-electron chi connectivity index (χ0n) is 20.4. The van der Waals surface area contributed by atoms with Crippen LogP contribution >= 0.6 is 0 Å². The maximum absolute atomic E-state index is 12.9. The molecule has 0 aliphatic heterocycles. The fraction of sp³-hybridized carbons (Fsp3) is 0.444. The van der Waals surface area contributed by atoms with Crippen LogP contribution in [0, 0.1) is 5.92 Å². The maximum atomic E-state index is 12.9. The van der Waals surface area contributed by atoms with Crippen molar-refractivity contribution in [1.82, 2.24) is 5.32 Å². The molecule has 2 unspecified atom stereocenters. The second kappa shape index (κ2) is 13.4. The topological polar surface area (TPSA) is 106 Å². The molecular formula is C27H35NO6. The Morgan fingerprint density at radius 1 is 1.12 bits per heavy atom. The normalized spacial score (nSPS) is 12.9. The smallest absolute Gasteiger partial charge is 0.410 e. The van der Waals surface area contributed by atoms with Gasteiger partial charge in [-0.05, 0) is 43.2 Å². The van der Waals surface area contributed by atoms with E-state index in [1.165, 1.54) is 24.9 Å². The lowest BCUT2D eigenvalue weighted by Gasteiger charge is -2.13. The average molecular weight is 470 g/mol.